The summed E-state index contributed by atoms with van der Waals surface area (Å²) in [6.45, 7) is 0.286. The Balaban J connectivity index is 1.58. The third kappa shape index (κ3) is 3.01. The van der Waals surface area contributed by atoms with E-state index >= 15 is 0 Å². The molecule has 2 amide bonds. The van der Waals surface area contributed by atoms with E-state index in [2.05, 4.69) is 0 Å². The summed E-state index contributed by atoms with van der Waals surface area (Å²) in [5.74, 6) is -3.04. The molecule has 3 aromatic carbocycles. The average Bonchev–Trinajstić information content (AvgIpc) is 3.33. The van der Waals surface area contributed by atoms with Crippen molar-refractivity contribution in [3.8, 4) is 0 Å². The molecule has 2 heterocycles. The summed E-state index contributed by atoms with van der Waals surface area (Å²) in [5, 5.41) is 0. The highest BCUT2D eigenvalue weighted by molar-refractivity contribution is 8.01. The van der Waals surface area contributed by atoms with Gasteiger partial charge in [-0.3, -0.25) is 9.59 Å². The Hall–Kier alpha value is -3.26. The summed E-state index contributed by atoms with van der Waals surface area (Å²) in [6, 6.07) is 16.3. The van der Waals surface area contributed by atoms with Gasteiger partial charge in [0.1, 0.15) is 5.82 Å². The number of fused-ring (bicyclic) bond motifs is 2. The van der Waals surface area contributed by atoms with Gasteiger partial charge in [-0.2, -0.15) is 0 Å². The molecule has 0 saturated carbocycles. The number of halogens is 3. The lowest BCUT2D eigenvalue weighted by Crippen LogP contribution is -2.50. The molecule has 32 heavy (non-hydrogen) atoms. The first-order valence-electron chi connectivity index (χ1n) is 9.99. The lowest BCUT2D eigenvalue weighted by Gasteiger charge is -2.33. The van der Waals surface area contributed by atoms with Gasteiger partial charge in [0.25, 0.3) is 11.8 Å². The highest BCUT2D eigenvalue weighted by Gasteiger charge is 2.59. The van der Waals surface area contributed by atoms with E-state index < -0.39 is 28.2 Å². The van der Waals surface area contributed by atoms with E-state index in [0.29, 0.717) is 22.6 Å². The Morgan fingerprint density at radius 1 is 0.938 bits per heavy atom. The molecule has 5 rings (SSSR count). The first-order chi connectivity index (χ1) is 15.4. The molecule has 8 heteroatoms. The molecule has 2 aliphatic rings. The van der Waals surface area contributed by atoms with Gasteiger partial charge in [-0.15, -0.1) is 11.8 Å². The molecule has 1 saturated heterocycles. The summed E-state index contributed by atoms with van der Waals surface area (Å²) in [7, 11) is 0. The fraction of sp³-hybridized carbons (Fsp3) is 0.167. The van der Waals surface area contributed by atoms with Crippen LogP contribution in [0.2, 0.25) is 0 Å². The molecule has 162 valence electrons. The van der Waals surface area contributed by atoms with Crippen molar-refractivity contribution in [3.63, 3.8) is 0 Å². The van der Waals surface area contributed by atoms with Gasteiger partial charge in [0, 0.05) is 17.9 Å². The lowest BCUT2D eigenvalue weighted by molar-refractivity contribution is -0.123. The van der Waals surface area contributed by atoms with Crippen molar-refractivity contribution in [1.82, 2.24) is 4.90 Å². The average molecular weight is 454 g/mol. The number of rotatable bonds is 3. The van der Waals surface area contributed by atoms with Crippen LogP contribution in [0.1, 0.15) is 21.5 Å². The minimum atomic E-state index is -1.34. The van der Waals surface area contributed by atoms with Crippen molar-refractivity contribution in [2.24, 2.45) is 0 Å². The van der Waals surface area contributed by atoms with Crippen molar-refractivity contribution >= 4 is 29.3 Å². The maximum atomic E-state index is 14.4. The van der Waals surface area contributed by atoms with Crippen molar-refractivity contribution in [2.75, 3.05) is 17.2 Å². The molecular formula is C24H17F3N2O2S. The molecule has 1 fully saturated rings. The summed E-state index contributed by atoms with van der Waals surface area (Å²) in [6.07, 6.45) is 0. The van der Waals surface area contributed by atoms with Crippen LogP contribution in [0.25, 0.3) is 0 Å². The maximum Gasteiger partial charge on any atom is 0.268 e. The van der Waals surface area contributed by atoms with Crippen LogP contribution < -0.4 is 4.90 Å². The standard InChI is InChI=1S/C24H17F3N2O2S/c25-18-7-3-1-5-16(18)22(30)29-11-12-32-24(29)17-6-2-4-8-21(17)28(23(24)31)14-15-9-10-19(26)20(27)13-15/h1-10,13H,11-12,14H2/t24-/m0/s1. The minimum absolute atomic E-state index is 0.0110. The molecule has 0 aromatic heterocycles. The van der Waals surface area contributed by atoms with E-state index in [1.54, 1.807) is 30.3 Å². The number of thioether (sulfide) groups is 1. The molecule has 1 atom stereocenters. The Morgan fingerprint density at radius 2 is 1.69 bits per heavy atom. The molecule has 0 unspecified atom stereocenters. The smallest absolute Gasteiger partial charge is 0.268 e. The number of benzene rings is 3. The SMILES string of the molecule is O=C(c1ccccc1F)N1CCS[C@@]12C(=O)N(Cc1ccc(F)c(F)c1)c1ccccc12. The molecule has 0 bridgehead atoms. The Labute approximate surface area is 186 Å². The van der Waals surface area contributed by atoms with Gasteiger partial charge in [-0.1, -0.05) is 36.4 Å². The van der Waals surface area contributed by atoms with E-state index in [-0.39, 0.29) is 24.6 Å². The van der Waals surface area contributed by atoms with Gasteiger partial charge in [0.15, 0.2) is 16.5 Å². The van der Waals surface area contributed by atoms with Crippen LogP contribution in [0, 0.1) is 17.5 Å². The van der Waals surface area contributed by atoms with E-state index in [9.17, 15) is 22.8 Å². The van der Waals surface area contributed by atoms with Crippen LogP contribution >= 0.6 is 11.8 Å². The third-order valence-corrected chi connectivity index (χ3v) is 7.19. The number of hydrogen-bond acceptors (Lipinski definition) is 3. The predicted molar refractivity (Wildman–Crippen MR) is 116 cm³/mol. The second-order valence-corrected chi connectivity index (χ2v) is 8.87. The van der Waals surface area contributed by atoms with Crippen LogP contribution in [0.4, 0.5) is 18.9 Å². The Bertz CT molecular complexity index is 1250. The fourth-order valence-corrected chi connectivity index (χ4v) is 5.79. The highest BCUT2D eigenvalue weighted by atomic mass is 32.2. The summed E-state index contributed by atoms with van der Waals surface area (Å²) in [5.41, 5.74) is 1.53. The van der Waals surface area contributed by atoms with E-state index in [1.165, 1.54) is 45.8 Å². The molecule has 0 radical (unpaired) electrons. The van der Waals surface area contributed by atoms with Gasteiger partial charge >= 0.3 is 0 Å². The number of carbonyl (C=O) groups is 2. The Morgan fingerprint density at radius 3 is 2.47 bits per heavy atom. The molecule has 1 spiro atoms. The minimum Gasteiger partial charge on any atom is -0.311 e. The monoisotopic (exact) mass is 454 g/mol. The quantitative estimate of drug-likeness (QED) is 0.577. The number of nitrogens with zero attached hydrogens (tertiary/aromatic N) is 2. The first-order valence-corrected chi connectivity index (χ1v) is 11.0. The predicted octanol–water partition coefficient (Wildman–Crippen LogP) is 4.69. The molecule has 0 aliphatic carbocycles. The van der Waals surface area contributed by atoms with Gasteiger partial charge < -0.3 is 9.80 Å². The van der Waals surface area contributed by atoms with E-state index in [0.717, 1.165) is 12.1 Å². The second kappa shape index (κ2) is 7.70. The summed E-state index contributed by atoms with van der Waals surface area (Å²) < 4.78 is 41.5. The molecule has 0 N–H and O–H groups in total. The normalized spacial score (nSPS) is 19.7. The number of para-hydroxylation sites is 1. The van der Waals surface area contributed by atoms with Gasteiger partial charge in [-0.25, -0.2) is 13.2 Å². The molecule has 2 aliphatic heterocycles. The number of anilines is 1. The zero-order valence-electron chi connectivity index (χ0n) is 16.7. The summed E-state index contributed by atoms with van der Waals surface area (Å²) >= 11 is 1.32. The largest absolute Gasteiger partial charge is 0.311 e. The summed E-state index contributed by atoms with van der Waals surface area (Å²) in [4.78, 5) is 28.7. The third-order valence-electron chi connectivity index (χ3n) is 5.78. The van der Waals surface area contributed by atoms with Crippen molar-refractivity contribution in [1.29, 1.82) is 0 Å². The van der Waals surface area contributed by atoms with E-state index in [1.807, 2.05) is 0 Å². The lowest BCUT2D eigenvalue weighted by atomic mass is 10.0. The maximum absolute atomic E-state index is 14.4. The van der Waals surface area contributed by atoms with Gasteiger partial charge in [-0.05, 0) is 35.9 Å². The number of amides is 2. The zero-order chi connectivity index (χ0) is 22.5. The molecule has 3 aromatic rings. The van der Waals surface area contributed by atoms with Gasteiger partial charge in [0.2, 0.25) is 0 Å². The topological polar surface area (TPSA) is 40.6 Å². The Kier molecular flexibility index (Phi) is 4.97. The van der Waals surface area contributed by atoms with Crippen LogP contribution in [0.15, 0.2) is 66.7 Å². The van der Waals surface area contributed by atoms with Crippen molar-refractivity contribution in [3.05, 3.63) is 101 Å². The highest BCUT2D eigenvalue weighted by Crippen LogP contribution is 2.54. The van der Waals surface area contributed by atoms with Crippen molar-refractivity contribution < 1.29 is 22.8 Å². The van der Waals surface area contributed by atoms with Crippen LogP contribution in [0.3, 0.4) is 0 Å². The number of carbonyl (C=O) groups excluding carboxylic acids is 2. The van der Waals surface area contributed by atoms with Crippen LogP contribution in [-0.4, -0.2) is 29.0 Å². The second-order valence-electron chi connectivity index (χ2n) is 7.59. The fourth-order valence-electron chi connectivity index (χ4n) is 4.33. The van der Waals surface area contributed by atoms with Gasteiger partial charge in [0.05, 0.1) is 17.8 Å². The van der Waals surface area contributed by atoms with Crippen molar-refractivity contribution in [2.45, 2.75) is 11.4 Å². The zero-order valence-corrected chi connectivity index (χ0v) is 17.5. The first kappa shape index (κ1) is 20.6. The molecule has 4 nitrogen and oxygen atoms in total. The van der Waals surface area contributed by atoms with E-state index in [4.69, 9.17) is 0 Å². The van der Waals surface area contributed by atoms with Crippen LogP contribution in [0.5, 0.6) is 0 Å². The van der Waals surface area contributed by atoms with Crippen LogP contribution in [-0.2, 0) is 16.2 Å². The number of hydrogen-bond donors (Lipinski definition) is 0. The molecular weight excluding hydrogens is 437 g/mol.